The molecule has 1 aromatic carbocycles. The molecule has 0 aliphatic carbocycles. The zero-order valence-electron chi connectivity index (χ0n) is 10.5. The molecule has 1 atom stereocenters. The Balaban J connectivity index is 1.96. The monoisotopic (exact) mass is 265 g/mol. The highest BCUT2D eigenvalue weighted by molar-refractivity contribution is 5.77. The molecule has 0 spiro atoms. The van der Waals surface area contributed by atoms with Crippen molar-refractivity contribution in [3.63, 3.8) is 0 Å². The minimum Gasteiger partial charge on any atom is -0.481 e. The smallest absolute Gasteiger partial charge is 0.316 e. The lowest BCUT2D eigenvalue weighted by Crippen LogP contribution is -2.56. The van der Waals surface area contributed by atoms with Gasteiger partial charge in [0.05, 0.1) is 19.3 Å². The maximum Gasteiger partial charge on any atom is 0.316 e. The number of hydrogen-bond donors (Lipinski definition) is 2. The van der Waals surface area contributed by atoms with Crippen LogP contribution in [-0.2, 0) is 9.53 Å². The summed E-state index contributed by atoms with van der Waals surface area (Å²) in [6.07, 6.45) is 0. The van der Waals surface area contributed by atoms with E-state index in [2.05, 4.69) is 5.32 Å². The number of carboxylic acid groups (broad SMARTS) is 1. The molecule has 2 aliphatic rings. The molecule has 2 heterocycles. The first-order chi connectivity index (χ1) is 9.17. The van der Waals surface area contributed by atoms with Gasteiger partial charge in [-0.2, -0.15) is 0 Å². The van der Waals surface area contributed by atoms with Crippen molar-refractivity contribution in [2.24, 2.45) is 5.41 Å². The van der Waals surface area contributed by atoms with Crippen LogP contribution in [0, 0.1) is 5.41 Å². The van der Waals surface area contributed by atoms with E-state index in [-0.39, 0.29) is 26.0 Å². The first-order valence-corrected chi connectivity index (χ1v) is 6.05. The van der Waals surface area contributed by atoms with Gasteiger partial charge in [-0.25, -0.2) is 0 Å². The summed E-state index contributed by atoms with van der Waals surface area (Å²) < 4.78 is 15.7. The van der Waals surface area contributed by atoms with Gasteiger partial charge >= 0.3 is 5.97 Å². The Morgan fingerprint density at radius 1 is 1.37 bits per heavy atom. The van der Waals surface area contributed by atoms with Crippen molar-refractivity contribution in [1.29, 1.82) is 0 Å². The second-order valence-corrected chi connectivity index (χ2v) is 4.79. The van der Waals surface area contributed by atoms with E-state index in [4.69, 9.17) is 14.2 Å². The second-order valence-electron chi connectivity index (χ2n) is 4.79. The molecule has 2 N–H and O–H groups in total. The third-order valence-corrected chi connectivity index (χ3v) is 3.72. The average molecular weight is 265 g/mol. The van der Waals surface area contributed by atoms with Crippen LogP contribution in [0.3, 0.4) is 0 Å². The van der Waals surface area contributed by atoms with Crippen molar-refractivity contribution in [2.75, 3.05) is 27.1 Å². The molecule has 1 fully saturated rings. The Hall–Kier alpha value is -1.79. The fourth-order valence-electron chi connectivity index (χ4n) is 2.59. The zero-order valence-corrected chi connectivity index (χ0v) is 10.5. The lowest BCUT2D eigenvalue weighted by molar-refractivity contribution is -0.186. The van der Waals surface area contributed by atoms with E-state index in [0.29, 0.717) is 11.5 Å². The van der Waals surface area contributed by atoms with Gasteiger partial charge < -0.3 is 24.6 Å². The van der Waals surface area contributed by atoms with Gasteiger partial charge in [0, 0.05) is 0 Å². The van der Waals surface area contributed by atoms with Gasteiger partial charge in [-0.05, 0) is 24.7 Å². The van der Waals surface area contributed by atoms with Gasteiger partial charge in [0.1, 0.15) is 5.41 Å². The molecular weight excluding hydrogens is 250 g/mol. The summed E-state index contributed by atoms with van der Waals surface area (Å²) in [6, 6.07) is 5.16. The van der Waals surface area contributed by atoms with Gasteiger partial charge in [0.2, 0.25) is 6.79 Å². The Morgan fingerprint density at radius 2 is 2.11 bits per heavy atom. The van der Waals surface area contributed by atoms with Crippen LogP contribution in [0.2, 0.25) is 0 Å². The minimum absolute atomic E-state index is 0.205. The molecule has 6 nitrogen and oxygen atoms in total. The molecule has 0 saturated carbocycles. The topological polar surface area (TPSA) is 77.0 Å². The van der Waals surface area contributed by atoms with Gasteiger partial charge in [-0.1, -0.05) is 6.07 Å². The second kappa shape index (κ2) is 4.40. The third-order valence-electron chi connectivity index (χ3n) is 3.72. The van der Waals surface area contributed by atoms with Gasteiger partial charge in [-0.3, -0.25) is 4.79 Å². The third kappa shape index (κ3) is 1.75. The summed E-state index contributed by atoms with van der Waals surface area (Å²) in [4.78, 5) is 11.5. The highest BCUT2D eigenvalue weighted by Crippen LogP contribution is 2.43. The van der Waals surface area contributed by atoms with E-state index in [1.165, 1.54) is 0 Å². The molecule has 0 radical (unpaired) electrons. The van der Waals surface area contributed by atoms with Gasteiger partial charge in [0.15, 0.2) is 11.5 Å². The van der Waals surface area contributed by atoms with Crippen molar-refractivity contribution >= 4 is 5.97 Å². The van der Waals surface area contributed by atoms with Crippen molar-refractivity contribution in [2.45, 2.75) is 6.04 Å². The van der Waals surface area contributed by atoms with Crippen LogP contribution in [0.5, 0.6) is 11.5 Å². The lowest BCUT2D eigenvalue weighted by atomic mass is 9.75. The Labute approximate surface area is 110 Å². The number of carboxylic acids is 1. The Bertz CT molecular complexity index is 512. The van der Waals surface area contributed by atoms with E-state index in [0.717, 1.165) is 5.56 Å². The number of hydrogen-bond acceptors (Lipinski definition) is 5. The summed E-state index contributed by atoms with van der Waals surface area (Å²) >= 11 is 0. The Kier molecular flexibility index (Phi) is 2.83. The van der Waals surface area contributed by atoms with E-state index >= 15 is 0 Å². The number of fused-ring (bicyclic) bond motifs is 1. The predicted molar refractivity (Wildman–Crippen MR) is 65.3 cm³/mol. The van der Waals surface area contributed by atoms with Crippen LogP contribution in [-0.4, -0.2) is 38.1 Å². The molecule has 1 saturated heterocycles. The van der Waals surface area contributed by atoms with Crippen molar-refractivity contribution in [3.8, 4) is 11.5 Å². The predicted octanol–water partition coefficient (Wildman–Crippen LogP) is 0.777. The summed E-state index contributed by atoms with van der Waals surface area (Å²) in [5.74, 6) is 0.488. The van der Waals surface area contributed by atoms with E-state index in [9.17, 15) is 9.90 Å². The summed E-state index contributed by atoms with van der Waals surface area (Å²) in [7, 11) is 1.75. The summed E-state index contributed by atoms with van der Waals surface area (Å²) in [6.45, 7) is 0.626. The lowest BCUT2D eigenvalue weighted by Gasteiger charge is -2.43. The van der Waals surface area contributed by atoms with Crippen LogP contribution in [0.25, 0.3) is 0 Å². The fraction of sp³-hybridized carbons (Fsp3) is 0.462. The zero-order chi connectivity index (χ0) is 13.5. The number of nitrogens with one attached hydrogen (secondary N) is 1. The number of rotatable bonds is 4. The van der Waals surface area contributed by atoms with E-state index in [1.54, 1.807) is 13.1 Å². The van der Waals surface area contributed by atoms with Crippen LogP contribution >= 0.6 is 0 Å². The molecule has 1 unspecified atom stereocenters. The fourth-order valence-corrected chi connectivity index (χ4v) is 2.59. The molecule has 1 aromatic rings. The first kappa shape index (κ1) is 12.3. The van der Waals surface area contributed by atoms with Crippen LogP contribution in [0.1, 0.15) is 11.6 Å². The number of benzene rings is 1. The summed E-state index contributed by atoms with van der Waals surface area (Å²) in [5.41, 5.74) is -0.0555. The quantitative estimate of drug-likeness (QED) is 0.837. The molecule has 2 aliphatic heterocycles. The molecule has 102 valence electrons. The normalized spacial score (nSPS) is 20.7. The van der Waals surface area contributed by atoms with Crippen LogP contribution in [0.15, 0.2) is 18.2 Å². The number of ether oxygens (including phenoxy) is 3. The maximum atomic E-state index is 11.5. The molecule has 3 rings (SSSR count). The molecule has 0 amide bonds. The maximum absolute atomic E-state index is 11.5. The van der Waals surface area contributed by atoms with E-state index < -0.39 is 11.4 Å². The SMILES string of the molecule is CNC(c1ccc2c(c1)OCO2)C1(C(=O)O)COC1. The van der Waals surface area contributed by atoms with Crippen molar-refractivity contribution in [3.05, 3.63) is 23.8 Å². The molecular formula is C13H15NO5. The summed E-state index contributed by atoms with van der Waals surface area (Å²) in [5, 5.41) is 12.5. The highest BCUT2D eigenvalue weighted by atomic mass is 16.7. The van der Waals surface area contributed by atoms with Crippen molar-refractivity contribution < 1.29 is 24.1 Å². The molecule has 0 bridgehead atoms. The standard InChI is InChI=1S/C13H15NO5/c1-14-11(13(12(15)16)5-17-6-13)8-2-3-9-10(4-8)19-7-18-9/h2-4,11,14H,5-7H2,1H3,(H,15,16). The highest BCUT2D eigenvalue weighted by Gasteiger charge is 2.52. The van der Waals surface area contributed by atoms with Gasteiger partial charge in [-0.15, -0.1) is 0 Å². The Morgan fingerprint density at radius 3 is 2.68 bits per heavy atom. The van der Waals surface area contributed by atoms with E-state index in [1.807, 2.05) is 12.1 Å². The van der Waals surface area contributed by atoms with Crippen molar-refractivity contribution in [1.82, 2.24) is 5.32 Å². The number of aliphatic carboxylic acids is 1. The molecule has 0 aromatic heterocycles. The average Bonchev–Trinajstić information content (AvgIpc) is 2.79. The van der Waals surface area contributed by atoms with Gasteiger partial charge in [0.25, 0.3) is 0 Å². The molecule has 19 heavy (non-hydrogen) atoms. The number of carbonyl (C=O) groups is 1. The van der Waals surface area contributed by atoms with Crippen LogP contribution in [0.4, 0.5) is 0 Å². The largest absolute Gasteiger partial charge is 0.481 e. The first-order valence-electron chi connectivity index (χ1n) is 6.05. The minimum atomic E-state index is -0.914. The molecule has 6 heteroatoms. The van der Waals surface area contributed by atoms with Crippen LogP contribution < -0.4 is 14.8 Å².